The molecule has 132 valence electrons. The van der Waals surface area contributed by atoms with Gasteiger partial charge in [-0.15, -0.1) is 10.2 Å². The smallest absolute Gasteiger partial charge is 0.281 e. The zero-order valence-corrected chi connectivity index (χ0v) is 15.6. The summed E-state index contributed by atoms with van der Waals surface area (Å²) in [6.07, 6.45) is 1.54. The molecule has 0 aliphatic rings. The molecular formula is C19H14ClN2O3S-. The zero-order chi connectivity index (χ0) is 18.7. The number of aromatic nitrogens is 2. The topological polar surface area (TPSA) is 79.0 Å². The SMILES string of the molecule is Cc1ccc(/C=C(/Sc2nnc(-c3ccccc3Cl)o2)C(=O)[O-])c(C)c1. The van der Waals surface area contributed by atoms with Crippen molar-refractivity contribution in [2.24, 2.45) is 0 Å². The van der Waals surface area contributed by atoms with Crippen molar-refractivity contribution in [1.29, 1.82) is 0 Å². The highest BCUT2D eigenvalue weighted by Crippen LogP contribution is 2.32. The van der Waals surface area contributed by atoms with Crippen LogP contribution in [0.2, 0.25) is 5.02 Å². The van der Waals surface area contributed by atoms with Gasteiger partial charge in [-0.25, -0.2) is 0 Å². The van der Waals surface area contributed by atoms with E-state index >= 15 is 0 Å². The number of carboxylic acids is 1. The van der Waals surface area contributed by atoms with Crippen molar-refractivity contribution in [2.75, 3.05) is 0 Å². The first-order valence-electron chi connectivity index (χ1n) is 7.70. The van der Waals surface area contributed by atoms with E-state index in [1.165, 1.54) is 6.08 Å². The number of carbonyl (C=O) groups excluding carboxylic acids is 1. The van der Waals surface area contributed by atoms with Crippen LogP contribution in [0.1, 0.15) is 16.7 Å². The Bertz CT molecular complexity index is 998. The van der Waals surface area contributed by atoms with Gasteiger partial charge >= 0.3 is 0 Å². The summed E-state index contributed by atoms with van der Waals surface area (Å²) in [5.41, 5.74) is 3.44. The number of hydrogen-bond donors (Lipinski definition) is 0. The molecule has 0 aliphatic heterocycles. The van der Waals surface area contributed by atoms with Crippen molar-refractivity contribution in [3.05, 3.63) is 69.1 Å². The average molecular weight is 386 g/mol. The van der Waals surface area contributed by atoms with Gasteiger partial charge in [0, 0.05) is 4.91 Å². The Morgan fingerprint density at radius 2 is 1.96 bits per heavy atom. The third-order valence-electron chi connectivity index (χ3n) is 3.62. The van der Waals surface area contributed by atoms with E-state index in [4.69, 9.17) is 16.0 Å². The molecule has 0 amide bonds. The molecule has 0 unspecified atom stereocenters. The van der Waals surface area contributed by atoms with E-state index in [-0.39, 0.29) is 16.0 Å². The third kappa shape index (κ3) is 4.15. The second-order valence-corrected chi connectivity index (χ2v) is 7.01. The maximum absolute atomic E-state index is 11.5. The lowest BCUT2D eigenvalue weighted by molar-refractivity contribution is -0.298. The maximum atomic E-state index is 11.5. The van der Waals surface area contributed by atoms with Gasteiger partial charge in [0.2, 0.25) is 5.89 Å². The van der Waals surface area contributed by atoms with Gasteiger partial charge < -0.3 is 14.3 Å². The van der Waals surface area contributed by atoms with E-state index < -0.39 is 5.97 Å². The fourth-order valence-corrected chi connectivity index (χ4v) is 3.22. The van der Waals surface area contributed by atoms with E-state index in [0.29, 0.717) is 10.6 Å². The first-order valence-corrected chi connectivity index (χ1v) is 8.90. The summed E-state index contributed by atoms with van der Waals surface area (Å²) in [6.45, 7) is 3.89. The second-order valence-electron chi connectivity index (χ2n) is 5.61. The number of benzene rings is 2. The van der Waals surface area contributed by atoms with Gasteiger partial charge in [0.15, 0.2) is 0 Å². The fraction of sp³-hybridized carbons (Fsp3) is 0.105. The van der Waals surface area contributed by atoms with Crippen LogP contribution >= 0.6 is 23.4 Å². The van der Waals surface area contributed by atoms with E-state index in [9.17, 15) is 9.90 Å². The van der Waals surface area contributed by atoms with Crippen LogP contribution in [0.15, 0.2) is 57.0 Å². The number of aliphatic carboxylic acids is 1. The zero-order valence-electron chi connectivity index (χ0n) is 14.0. The summed E-state index contributed by atoms with van der Waals surface area (Å²) < 4.78 is 5.54. The van der Waals surface area contributed by atoms with Crippen molar-refractivity contribution in [3.63, 3.8) is 0 Å². The molecule has 3 aromatic rings. The van der Waals surface area contributed by atoms with Crippen LogP contribution in [-0.4, -0.2) is 16.2 Å². The molecule has 0 aliphatic carbocycles. The van der Waals surface area contributed by atoms with Crippen molar-refractivity contribution in [3.8, 4) is 11.5 Å². The van der Waals surface area contributed by atoms with Gasteiger partial charge in [-0.1, -0.05) is 47.5 Å². The maximum Gasteiger partial charge on any atom is 0.281 e. The van der Waals surface area contributed by atoms with Gasteiger partial charge in [0.1, 0.15) is 0 Å². The van der Waals surface area contributed by atoms with Crippen LogP contribution in [-0.2, 0) is 4.79 Å². The predicted molar refractivity (Wildman–Crippen MR) is 99.5 cm³/mol. The molecule has 0 saturated carbocycles. The van der Waals surface area contributed by atoms with Crippen LogP contribution in [0.4, 0.5) is 0 Å². The number of hydrogen-bond acceptors (Lipinski definition) is 6. The fourth-order valence-electron chi connectivity index (χ4n) is 2.35. The highest BCUT2D eigenvalue weighted by Gasteiger charge is 2.14. The minimum absolute atomic E-state index is 0.0219. The summed E-state index contributed by atoms with van der Waals surface area (Å²) in [7, 11) is 0. The standard InChI is InChI=1S/C19H15ClN2O3S/c1-11-7-8-13(12(2)9-11)10-16(18(23)24)26-19-22-21-17(25-19)14-5-3-4-6-15(14)20/h3-10H,1-2H3,(H,23,24)/p-1/b16-10+. The highest BCUT2D eigenvalue weighted by atomic mass is 35.5. The second kappa shape index (κ2) is 7.76. The number of halogens is 1. The molecule has 0 saturated heterocycles. The largest absolute Gasteiger partial charge is 0.544 e. The van der Waals surface area contributed by atoms with Gasteiger partial charge in [0.05, 0.1) is 16.6 Å². The predicted octanol–water partition coefficient (Wildman–Crippen LogP) is 3.89. The van der Waals surface area contributed by atoms with Crippen LogP contribution in [0, 0.1) is 13.8 Å². The molecule has 0 N–H and O–H groups in total. The summed E-state index contributed by atoms with van der Waals surface area (Å²) in [4.78, 5) is 11.5. The van der Waals surface area contributed by atoms with Gasteiger partial charge in [-0.2, -0.15) is 0 Å². The lowest BCUT2D eigenvalue weighted by Crippen LogP contribution is -2.23. The van der Waals surface area contributed by atoms with E-state index in [0.717, 1.165) is 28.5 Å². The number of aryl methyl sites for hydroxylation is 2. The van der Waals surface area contributed by atoms with Crippen molar-refractivity contribution in [1.82, 2.24) is 10.2 Å². The Morgan fingerprint density at radius 1 is 1.19 bits per heavy atom. The Morgan fingerprint density at radius 3 is 2.65 bits per heavy atom. The lowest BCUT2D eigenvalue weighted by Gasteiger charge is -2.08. The number of nitrogens with zero attached hydrogens (tertiary/aromatic N) is 2. The van der Waals surface area contributed by atoms with E-state index in [2.05, 4.69) is 10.2 Å². The molecular weight excluding hydrogens is 372 g/mol. The highest BCUT2D eigenvalue weighted by molar-refractivity contribution is 8.03. The van der Waals surface area contributed by atoms with Gasteiger partial charge in [-0.05, 0) is 54.9 Å². The molecule has 0 radical (unpaired) electrons. The van der Waals surface area contributed by atoms with Crippen molar-refractivity contribution >= 4 is 35.4 Å². The molecule has 1 heterocycles. The van der Waals surface area contributed by atoms with Crippen molar-refractivity contribution in [2.45, 2.75) is 19.1 Å². The molecule has 0 fully saturated rings. The van der Waals surface area contributed by atoms with Gasteiger partial charge in [-0.3, -0.25) is 0 Å². The third-order valence-corrected chi connectivity index (χ3v) is 4.79. The Labute approximate surface area is 159 Å². The number of rotatable bonds is 5. The molecule has 0 atom stereocenters. The molecule has 0 bridgehead atoms. The number of carboxylic acid groups (broad SMARTS) is 1. The molecule has 5 nitrogen and oxygen atoms in total. The molecule has 1 aromatic heterocycles. The summed E-state index contributed by atoms with van der Waals surface area (Å²) >= 11 is 6.95. The average Bonchev–Trinajstić information content (AvgIpc) is 3.05. The van der Waals surface area contributed by atoms with Crippen LogP contribution in [0.3, 0.4) is 0 Å². The van der Waals surface area contributed by atoms with E-state index in [1.54, 1.807) is 24.3 Å². The normalized spacial score (nSPS) is 11.6. The lowest BCUT2D eigenvalue weighted by atomic mass is 10.1. The Kier molecular flexibility index (Phi) is 5.44. The first kappa shape index (κ1) is 18.2. The van der Waals surface area contributed by atoms with Crippen LogP contribution < -0.4 is 5.11 Å². The summed E-state index contributed by atoms with van der Waals surface area (Å²) in [6, 6.07) is 12.8. The number of carbonyl (C=O) groups is 1. The van der Waals surface area contributed by atoms with Gasteiger partial charge in [0.25, 0.3) is 5.22 Å². The quantitative estimate of drug-likeness (QED) is 0.489. The summed E-state index contributed by atoms with van der Waals surface area (Å²) in [5, 5.41) is 19.9. The van der Waals surface area contributed by atoms with Crippen LogP contribution in [0.25, 0.3) is 17.5 Å². The molecule has 26 heavy (non-hydrogen) atoms. The Balaban J connectivity index is 1.89. The minimum Gasteiger partial charge on any atom is -0.544 e. The first-order chi connectivity index (χ1) is 12.4. The molecule has 7 heteroatoms. The van der Waals surface area contributed by atoms with E-state index in [1.807, 2.05) is 32.0 Å². The number of thioether (sulfide) groups is 1. The summed E-state index contributed by atoms with van der Waals surface area (Å²) in [5.74, 6) is -1.09. The van der Waals surface area contributed by atoms with Crippen molar-refractivity contribution < 1.29 is 14.3 Å². The molecule has 3 rings (SSSR count). The van der Waals surface area contributed by atoms with Crippen LogP contribution in [0.5, 0.6) is 0 Å². The minimum atomic E-state index is -1.31. The molecule has 2 aromatic carbocycles. The Hall–Kier alpha value is -2.57. The molecule has 0 spiro atoms. The monoisotopic (exact) mass is 385 g/mol.